The zero-order valence-corrected chi connectivity index (χ0v) is 12.7. The predicted molar refractivity (Wildman–Crippen MR) is 75.7 cm³/mol. The lowest BCUT2D eigenvalue weighted by Crippen LogP contribution is -2.50. The third-order valence-electron chi connectivity index (χ3n) is 3.70. The maximum atomic E-state index is 12.4. The van der Waals surface area contributed by atoms with Crippen molar-refractivity contribution in [3.8, 4) is 0 Å². The van der Waals surface area contributed by atoms with E-state index in [0.717, 1.165) is 12.8 Å². The van der Waals surface area contributed by atoms with E-state index >= 15 is 0 Å². The van der Waals surface area contributed by atoms with Gasteiger partial charge in [-0.2, -0.15) is 0 Å². The molecule has 2 amide bonds. The maximum Gasteiger partial charge on any atom is 0.320 e. The number of aliphatic carboxylic acids is 1. The Labute approximate surface area is 120 Å². The highest BCUT2D eigenvalue weighted by atomic mass is 16.5. The lowest BCUT2D eigenvalue weighted by Gasteiger charge is -2.37. The van der Waals surface area contributed by atoms with Crippen LogP contribution >= 0.6 is 0 Å². The first-order chi connectivity index (χ1) is 9.49. The normalized spacial score (nSPS) is 17.9. The number of carbonyl (C=O) groups excluding carboxylic acids is 1. The molecule has 1 aliphatic heterocycles. The Balaban J connectivity index is 2.53. The van der Waals surface area contributed by atoms with Crippen LogP contribution in [-0.2, 0) is 9.53 Å². The summed E-state index contributed by atoms with van der Waals surface area (Å²) in [4.78, 5) is 26.6. The van der Waals surface area contributed by atoms with Crippen molar-refractivity contribution in [1.29, 1.82) is 0 Å². The summed E-state index contributed by atoms with van der Waals surface area (Å²) in [6.07, 6.45) is 1.93. The molecule has 1 unspecified atom stereocenters. The molecule has 116 valence electrons. The fourth-order valence-corrected chi connectivity index (χ4v) is 2.63. The molecule has 1 heterocycles. The second kappa shape index (κ2) is 8.09. The van der Waals surface area contributed by atoms with Gasteiger partial charge in [-0.15, -0.1) is 0 Å². The van der Waals surface area contributed by atoms with Crippen molar-refractivity contribution in [2.24, 2.45) is 0 Å². The first-order valence-electron chi connectivity index (χ1n) is 7.38. The van der Waals surface area contributed by atoms with Gasteiger partial charge in [-0.25, -0.2) is 4.79 Å². The number of amides is 2. The van der Waals surface area contributed by atoms with Gasteiger partial charge in [0.1, 0.15) is 0 Å². The molecule has 0 aliphatic carbocycles. The van der Waals surface area contributed by atoms with E-state index in [1.807, 2.05) is 13.8 Å². The number of rotatable bonds is 6. The van der Waals surface area contributed by atoms with E-state index in [0.29, 0.717) is 26.2 Å². The van der Waals surface area contributed by atoms with Crippen molar-refractivity contribution in [2.75, 3.05) is 26.2 Å². The standard InChI is InChI=1S/C14H26N2O4/c1-4-16(11(3)10-13(17)18)14(19)15-8-6-12(7-9-15)20-5-2/h11-12H,4-10H2,1-3H3,(H,17,18). The average Bonchev–Trinajstić information content (AvgIpc) is 2.39. The van der Waals surface area contributed by atoms with Crippen LogP contribution in [0.3, 0.4) is 0 Å². The van der Waals surface area contributed by atoms with Gasteiger partial charge in [-0.1, -0.05) is 0 Å². The van der Waals surface area contributed by atoms with Gasteiger partial charge in [0.05, 0.1) is 12.5 Å². The SMILES string of the molecule is CCOC1CCN(C(=O)N(CC)C(C)CC(=O)O)CC1. The molecule has 1 rings (SSSR count). The van der Waals surface area contributed by atoms with Crippen LogP contribution in [0.25, 0.3) is 0 Å². The Morgan fingerprint density at radius 3 is 2.40 bits per heavy atom. The number of hydrogen-bond acceptors (Lipinski definition) is 3. The summed E-state index contributed by atoms with van der Waals surface area (Å²) in [7, 11) is 0. The van der Waals surface area contributed by atoms with Gasteiger partial charge in [0.2, 0.25) is 0 Å². The molecule has 20 heavy (non-hydrogen) atoms. The summed E-state index contributed by atoms with van der Waals surface area (Å²) >= 11 is 0. The molecule has 1 aliphatic rings. The molecule has 1 atom stereocenters. The van der Waals surface area contributed by atoms with E-state index in [9.17, 15) is 9.59 Å². The summed E-state index contributed by atoms with van der Waals surface area (Å²) in [5.74, 6) is -0.876. The number of hydrogen-bond donors (Lipinski definition) is 1. The van der Waals surface area contributed by atoms with E-state index < -0.39 is 5.97 Å². The minimum Gasteiger partial charge on any atom is -0.481 e. The molecule has 0 aromatic carbocycles. The minimum atomic E-state index is -0.876. The third-order valence-corrected chi connectivity index (χ3v) is 3.70. The molecule has 1 saturated heterocycles. The van der Waals surface area contributed by atoms with Crippen LogP contribution in [0, 0.1) is 0 Å². The minimum absolute atomic E-state index is 0.0189. The van der Waals surface area contributed by atoms with Gasteiger partial charge in [-0.3, -0.25) is 4.79 Å². The fourth-order valence-electron chi connectivity index (χ4n) is 2.63. The number of carboxylic acids is 1. The van der Waals surface area contributed by atoms with E-state index in [-0.39, 0.29) is 24.6 Å². The van der Waals surface area contributed by atoms with Gasteiger partial charge >= 0.3 is 12.0 Å². The molecular weight excluding hydrogens is 260 g/mol. The highest BCUT2D eigenvalue weighted by molar-refractivity contribution is 5.76. The molecule has 6 heteroatoms. The summed E-state index contributed by atoms with van der Waals surface area (Å²) < 4.78 is 5.57. The zero-order chi connectivity index (χ0) is 15.1. The maximum absolute atomic E-state index is 12.4. The third kappa shape index (κ3) is 4.67. The van der Waals surface area contributed by atoms with Crippen LogP contribution in [0.15, 0.2) is 0 Å². The molecule has 6 nitrogen and oxygen atoms in total. The van der Waals surface area contributed by atoms with Crippen LogP contribution in [0.4, 0.5) is 4.79 Å². The Bertz CT molecular complexity index is 327. The van der Waals surface area contributed by atoms with Gasteiger partial charge in [0, 0.05) is 32.3 Å². The van der Waals surface area contributed by atoms with Crippen molar-refractivity contribution < 1.29 is 19.4 Å². The van der Waals surface area contributed by atoms with Crippen LogP contribution in [-0.4, -0.2) is 65.3 Å². The zero-order valence-electron chi connectivity index (χ0n) is 12.7. The number of carbonyl (C=O) groups is 2. The average molecular weight is 286 g/mol. The fraction of sp³-hybridized carbons (Fsp3) is 0.857. The molecular formula is C14H26N2O4. The number of nitrogens with zero attached hydrogens (tertiary/aromatic N) is 2. The number of likely N-dealkylation sites (tertiary alicyclic amines) is 1. The van der Waals surface area contributed by atoms with Crippen LogP contribution < -0.4 is 0 Å². The van der Waals surface area contributed by atoms with Crippen molar-refractivity contribution in [3.05, 3.63) is 0 Å². The lowest BCUT2D eigenvalue weighted by atomic mass is 10.1. The Kier molecular flexibility index (Phi) is 6.78. The monoisotopic (exact) mass is 286 g/mol. The van der Waals surface area contributed by atoms with Gasteiger partial charge < -0.3 is 19.6 Å². The van der Waals surface area contributed by atoms with Gasteiger partial charge in [0.15, 0.2) is 0 Å². The topological polar surface area (TPSA) is 70.1 Å². The van der Waals surface area contributed by atoms with E-state index in [1.54, 1.807) is 16.7 Å². The Morgan fingerprint density at radius 1 is 1.35 bits per heavy atom. The van der Waals surface area contributed by atoms with Crippen LogP contribution in [0.5, 0.6) is 0 Å². The number of ether oxygens (including phenoxy) is 1. The molecule has 0 aromatic rings. The van der Waals surface area contributed by atoms with Crippen molar-refractivity contribution in [3.63, 3.8) is 0 Å². The molecule has 1 fully saturated rings. The van der Waals surface area contributed by atoms with Gasteiger partial charge in [0.25, 0.3) is 0 Å². The van der Waals surface area contributed by atoms with Crippen LogP contribution in [0.2, 0.25) is 0 Å². The van der Waals surface area contributed by atoms with Crippen LogP contribution in [0.1, 0.15) is 40.0 Å². The highest BCUT2D eigenvalue weighted by Crippen LogP contribution is 2.17. The summed E-state index contributed by atoms with van der Waals surface area (Å²) in [6, 6.07) is -0.342. The second-order valence-electron chi connectivity index (χ2n) is 5.16. The molecule has 0 saturated carbocycles. The molecule has 0 bridgehead atoms. The molecule has 1 N–H and O–H groups in total. The van der Waals surface area contributed by atoms with E-state index in [2.05, 4.69) is 0 Å². The molecule has 0 radical (unpaired) electrons. The number of carboxylic acid groups (broad SMARTS) is 1. The Morgan fingerprint density at radius 2 is 1.95 bits per heavy atom. The first kappa shape index (κ1) is 16.8. The Hall–Kier alpha value is -1.30. The largest absolute Gasteiger partial charge is 0.481 e. The number of urea groups is 1. The smallest absolute Gasteiger partial charge is 0.320 e. The second-order valence-corrected chi connectivity index (χ2v) is 5.16. The first-order valence-corrected chi connectivity index (χ1v) is 7.38. The van der Waals surface area contributed by atoms with Crippen molar-refractivity contribution in [2.45, 2.75) is 52.2 Å². The number of piperidine rings is 1. The summed E-state index contributed by atoms with van der Waals surface area (Å²) in [6.45, 7) is 8.23. The summed E-state index contributed by atoms with van der Waals surface area (Å²) in [5, 5.41) is 8.85. The van der Waals surface area contributed by atoms with E-state index in [1.165, 1.54) is 0 Å². The van der Waals surface area contributed by atoms with Crippen molar-refractivity contribution >= 4 is 12.0 Å². The van der Waals surface area contributed by atoms with E-state index in [4.69, 9.17) is 9.84 Å². The van der Waals surface area contributed by atoms with Crippen molar-refractivity contribution in [1.82, 2.24) is 9.80 Å². The lowest BCUT2D eigenvalue weighted by molar-refractivity contribution is -0.138. The molecule has 0 spiro atoms. The van der Waals surface area contributed by atoms with Gasteiger partial charge in [-0.05, 0) is 33.6 Å². The summed E-state index contributed by atoms with van der Waals surface area (Å²) in [5.41, 5.74) is 0. The predicted octanol–water partition coefficient (Wildman–Crippen LogP) is 1.79. The highest BCUT2D eigenvalue weighted by Gasteiger charge is 2.28. The quantitative estimate of drug-likeness (QED) is 0.808. The molecule has 0 aromatic heterocycles.